The number of rotatable bonds is 3. The second kappa shape index (κ2) is 7.54. The number of amides is 1. The molecule has 2 saturated heterocycles. The van der Waals surface area contributed by atoms with Crippen molar-refractivity contribution in [2.45, 2.75) is 19.3 Å². The number of nitrogens with one attached hydrogen (secondary N) is 1. The Morgan fingerprint density at radius 3 is 2.81 bits per heavy atom. The third-order valence-corrected chi connectivity index (χ3v) is 6.11. The molecule has 0 aliphatic carbocycles. The Kier molecular flexibility index (Phi) is 4.53. The first kappa shape index (κ1) is 18.6. The zero-order chi connectivity index (χ0) is 20.8. The topological polar surface area (TPSA) is 97.7 Å². The fourth-order valence-corrected chi connectivity index (χ4v) is 4.27. The Morgan fingerprint density at radius 1 is 1.16 bits per heavy atom. The lowest BCUT2D eigenvalue weighted by molar-refractivity contribution is -0.104. The van der Waals surface area contributed by atoms with Crippen molar-refractivity contribution in [2.24, 2.45) is 0 Å². The number of aromatic amines is 1. The van der Waals surface area contributed by atoms with E-state index in [0.717, 1.165) is 60.2 Å². The maximum Gasteiger partial charge on any atom is 0.410 e. The highest BCUT2D eigenvalue weighted by Crippen LogP contribution is 2.31. The van der Waals surface area contributed by atoms with Gasteiger partial charge in [0.2, 0.25) is 0 Å². The van der Waals surface area contributed by atoms with E-state index in [9.17, 15) is 4.79 Å². The molecule has 0 unspecified atom stereocenters. The Balaban J connectivity index is 1.20. The van der Waals surface area contributed by atoms with Crippen LogP contribution in [0, 0.1) is 0 Å². The fraction of sp³-hybridized carbons (Fsp3) is 0.476. The number of fused-ring (bicyclic) bond motifs is 2. The number of aromatic nitrogens is 4. The number of pyridine rings is 1. The molecule has 162 valence electrons. The third kappa shape index (κ3) is 3.41. The molecule has 0 atom stereocenters. The number of ether oxygens (including phenoxy) is 3. The number of H-pyrrole nitrogens is 1. The molecule has 10 nitrogen and oxygen atoms in total. The van der Waals surface area contributed by atoms with Crippen LogP contribution in [0.4, 0.5) is 10.5 Å². The zero-order valence-electron chi connectivity index (χ0n) is 17.1. The summed E-state index contributed by atoms with van der Waals surface area (Å²) in [5.74, 6) is 0.949. The van der Waals surface area contributed by atoms with E-state index in [0.29, 0.717) is 32.9 Å². The molecular formula is C21H24N6O4. The van der Waals surface area contributed by atoms with Crippen molar-refractivity contribution in [3.8, 4) is 11.4 Å². The van der Waals surface area contributed by atoms with Crippen molar-refractivity contribution in [2.75, 3.05) is 50.9 Å². The van der Waals surface area contributed by atoms with Crippen molar-refractivity contribution in [3.63, 3.8) is 0 Å². The van der Waals surface area contributed by atoms with Crippen LogP contribution in [0.2, 0.25) is 0 Å². The molecule has 0 radical (unpaired) electrons. The Morgan fingerprint density at radius 2 is 2.03 bits per heavy atom. The number of anilines is 1. The van der Waals surface area contributed by atoms with Gasteiger partial charge in [0.1, 0.15) is 23.8 Å². The van der Waals surface area contributed by atoms with Crippen molar-refractivity contribution in [3.05, 3.63) is 30.4 Å². The normalized spacial score (nSPS) is 19.4. The van der Waals surface area contributed by atoms with E-state index < -0.39 is 0 Å². The predicted octanol–water partition coefficient (Wildman–Crippen LogP) is 1.61. The molecule has 1 N–H and O–H groups in total. The van der Waals surface area contributed by atoms with Crippen molar-refractivity contribution < 1.29 is 19.0 Å². The number of nitrogens with zero attached hydrogens (tertiary/aromatic N) is 5. The van der Waals surface area contributed by atoms with Gasteiger partial charge >= 0.3 is 6.09 Å². The van der Waals surface area contributed by atoms with Gasteiger partial charge in [0.25, 0.3) is 0 Å². The maximum absolute atomic E-state index is 12.3. The molecule has 3 aromatic heterocycles. The average Bonchev–Trinajstić information content (AvgIpc) is 3.40. The van der Waals surface area contributed by atoms with Crippen LogP contribution in [-0.4, -0.2) is 82.6 Å². The van der Waals surface area contributed by atoms with Crippen molar-refractivity contribution >= 4 is 22.8 Å². The van der Waals surface area contributed by atoms with Crippen LogP contribution < -0.4 is 4.90 Å². The molecule has 2 fully saturated rings. The van der Waals surface area contributed by atoms with E-state index in [1.807, 2.05) is 12.3 Å². The van der Waals surface area contributed by atoms with Gasteiger partial charge < -0.3 is 33.6 Å². The van der Waals surface area contributed by atoms with Gasteiger partial charge in [0.05, 0.1) is 25.5 Å². The van der Waals surface area contributed by atoms with Crippen LogP contribution in [0.1, 0.15) is 5.82 Å². The van der Waals surface area contributed by atoms with E-state index in [1.165, 1.54) is 0 Å². The Labute approximate surface area is 178 Å². The molecule has 3 aliphatic heterocycles. The molecule has 0 bridgehead atoms. The zero-order valence-corrected chi connectivity index (χ0v) is 17.1. The van der Waals surface area contributed by atoms with Crippen LogP contribution in [0.3, 0.4) is 0 Å². The van der Waals surface area contributed by atoms with Crippen LogP contribution >= 0.6 is 0 Å². The van der Waals surface area contributed by atoms with Gasteiger partial charge in [-0.3, -0.25) is 0 Å². The predicted molar refractivity (Wildman–Crippen MR) is 112 cm³/mol. The fourth-order valence-electron chi connectivity index (χ4n) is 4.27. The van der Waals surface area contributed by atoms with Gasteiger partial charge in [-0.1, -0.05) is 0 Å². The molecule has 6 heterocycles. The third-order valence-electron chi connectivity index (χ3n) is 6.11. The number of carbonyl (C=O) groups is 1. The highest BCUT2D eigenvalue weighted by molar-refractivity contribution is 5.93. The molecule has 0 spiro atoms. The summed E-state index contributed by atoms with van der Waals surface area (Å²) in [6.45, 7) is 5.83. The molecular weight excluding hydrogens is 400 g/mol. The average molecular weight is 424 g/mol. The summed E-state index contributed by atoms with van der Waals surface area (Å²) in [7, 11) is 0. The molecule has 0 aromatic carbocycles. The summed E-state index contributed by atoms with van der Waals surface area (Å²) in [6, 6.07) is 4.15. The lowest BCUT2D eigenvalue weighted by atomic mass is 10.2. The van der Waals surface area contributed by atoms with Crippen molar-refractivity contribution in [1.29, 1.82) is 0 Å². The second-order valence-electron chi connectivity index (χ2n) is 8.08. The molecule has 3 aliphatic rings. The number of piperazine rings is 1. The summed E-state index contributed by atoms with van der Waals surface area (Å²) in [5.41, 5.74) is 3.79. The van der Waals surface area contributed by atoms with Gasteiger partial charge in [0, 0.05) is 56.2 Å². The summed E-state index contributed by atoms with van der Waals surface area (Å²) in [4.78, 5) is 29.0. The molecule has 31 heavy (non-hydrogen) atoms. The molecule has 10 heteroatoms. The minimum atomic E-state index is -0.246. The number of carbonyl (C=O) groups excluding carboxylic acids is 1. The van der Waals surface area contributed by atoms with E-state index >= 15 is 0 Å². The lowest BCUT2D eigenvalue weighted by Crippen LogP contribution is -2.51. The van der Waals surface area contributed by atoms with E-state index in [-0.39, 0.29) is 12.2 Å². The van der Waals surface area contributed by atoms with Crippen LogP contribution in [0.15, 0.2) is 24.5 Å². The lowest BCUT2D eigenvalue weighted by Gasteiger charge is -2.37. The van der Waals surface area contributed by atoms with E-state index in [2.05, 4.69) is 31.7 Å². The van der Waals surface area contributed by atoms with Gasteiger partial charge in [-0.05, 0) is 12.1 Å². The minimum Gasteiger partial charge on any atom is -0.441 e. The summed E-state index contributed by atoms with van der Waals surface area (Å²) >= 11 is 0. The summed E-state index contributed by atoms with van der Waals surface area (Å²) in [5, 5.41) is 1.06. The van der Waals surface area contributed by atoms with E-state index in [4.69, 9.17) is 19.2 Å². The summed E-state index contributed by atoms with van der Waals surface area (Å²) in [6.07, 6.45) is 3.55. The highest BCUT2D eigenvalue weighted by Gasteiger charge is 2.28. The summed E-state index contributed by atoms with van der Waals surface area (Å²) < 4.78 is 18.2. The molecule has 0 saturated carbocycles. The minimum absolute atomic E-state index is 0.0937. The van der Waals surface area contributed by atoms with E-state index in [1.54, 1.807) is 4.90 Å². The first-order valence-corrected chi connectivity index (χ1v) is 10.6. The maximum atomic E-state index is 12.3. The first-order chi connectivity index (χ1) is 15.2. The molecule has 6 rings (SSSR count). The van der Waals surface area contributed by atoms with Crippen LogP contribution in [0.5, 0.6) is 0 Å². The number of hydrogen-bond acceptors (Lipinski definition) is 7. The van der Waals surface area contributed by atoms with Gasteiger partial charge in [-0.15, -0.1) is 0 Å². The van der Waals surface area contributed by atoms with Crippen LogP contribution in [-0.2, 0) is 27.4 Å². The SMILES string of the molecule is O=C(OC1COC1)N1CCN(c2ccnc3[nH]c(-c4cn5c(n4)COCC5)cc23)CC1. The largest absolute Gasteiger partial charge is 0.441 e. The second-order valence-corrected chi connectivity index (χ2v) is 8.08. The standard InChI is InChI=1S/C21H24N6O4/c28-21(31-14-11-30-12-14)26-5-3-25(4-6-26)18-1-2-22-20-15(18)9-16(24-20)17-10-27-7-8-29-13-19(27)23-17/h1-2,9-10,14H,3-8,11-13H2,(H,22,24). The van der Waals surface area contributed by atoms with Gasteiger partial charge in [0.15, 0.2) is 6.10 Å². The van der Waals surface area contributed by atoms with Crippen LogP contribution in [0.25, 0.3) is 22.4 Å². The van der Waals surface area contributed by atoms with Gasteiger partial charge in [-0.2, -0.15) is 0 Å². The highest BCUT2D eigenvalue weighted by atomic mass is 16.6. The molecule has 1 amide bonds. The van der Waals surface area contributed by atoms with Gasteiger partial charge in [-0.25, -0.2) is 14.8 Å². The quantitative estimate of drug-likeness (QED) is 0.682. The smallest absolute Gasteiger partial charge is 0.410 e. The monoisotopic (exact) mass is 424 g/mol. The molecule has 3 aromatic rings. The number of hydrogen-bond donors (Lipinski definition) is 1. The first-order valence-electron chi connectivity index (χ1n) is 10.6. The number of imidazole rings is 1. The Bertz CT molecular complexity index is 1090. The van der Waals surface area contributed by atoms with Crippen molar-refractivity contribution in [1.82, 2.24) is 24.4 Å². The Hall–Kier alpha value is -3.11.